The smallest absolute Gasteiger partial charge is 0.123 e. The zero-order valence-electron chi connectivity index (χ0n) is 11.2. The van der Waals surface area contributed by atoms with Crippen LogP contribution in [0.3, 0.4) is 0 Å². The van der Waals surface area contributed by atoms with Gasteiger partial charge in [-0.25, -0.2) is 8.78 Å². The molecule has 0 bridgehead atoms. The molecule has 1 fully saturated rings. The third-order valence-electron chi connectivity index (χ3n) is 3.96. The second-order valence-corrected chi connectivity index (χ2v) is 5.28. The minimum absolute atomic E-state index is 0.138. The lowest BCUT2D eigenvalue weighted by Gasteiger charge is -2.25. The van der Waals surface area contributed by atoms with Crippen LogP contribution in [0.5, 0.6) is 0 Å². The average Bonchev–Trinajstić information content (AvgIpc) is 2.97. The van der Waals surface area contributed by atoms with Gasteiger partial charge < -0.3 is 5.32 Å². The van der Waals surface area contributed by atoms with Crippen molar-refractivity contribution in [2.45, 2.75) is 24.8 Å². The summed E-state index contributed by atoms with van der Waals surface area (Å²) in [5, 5.41) is 3.50. The Kier molecular flexibility index (Phi) is 3.79. The minimum Gasteiger partial charge on any atom is -0.313 e. The first-order chi connectivity index (χ1) is 9.74. The van der Waals surface area contributed by atoms with Crippen LogP contribution in [0.25, 0.3) is 0 Å². The monoisotopic (exact) mass is 273 g/mol. The SMILES string of the molecule is Fc1ccc(C(c2ccc(F)cc2)[C@H]2CCCN2)cc1. The van der Waals surface area contributed by atoms with E-state index < -0.39 is 0 Å². The van der Waals surface area contributed by atoms with Gasteiger partial charge in [0.2, 0.25) is 0 Å². The number of nitrogens with one attached hydrogen (secondary N) is 1. The molecule has 1 saturated heterocycles. The molecule has 1 aliphatic rings. The van der Waals surface area contributed by atoms with E-state index in [1.807, 2.05) is 24.3 Å². The molecule has 0 radical (unpaired) electrons. The van der Waals surface area contributed by atoms with Crippen LogP contribution < -0.4 is 5.32 Å². The Balaban J connectivity index is 1.98. The first-order valence-corrected chi connectivity index (χ1v) is 6.98. The van der Waals surface area contributed by atoms with Crippen molar-refractivity contribution in [3.63, 3.8) is 0 Å². The van der Waals surface area contributed by atoms with E-state index in [0.717, 1.165) is 30.5 Å². The summed E-state index contributed by atoms with van der Waals surface area (Å²) >= 11 is 0. The van der Waals surface area contributed by atoms with Crippen LogP contribution in [0.4, 0.5) is 8.78 Å². The Labute approximate surface area is 117 Å². The van der Waals surface area contributed by atoms with Crippen LogP contribution in [-0.2, 0) is 0 Å². The highest BCUT2D eigenvalue weighted by Crippen LogP contribution is 2.32. The van der Waals surface area contributed by atoms with Crippen LogP contribution in [-0.4, -0.2) is 12.6 Å². The van der Waals surface area contributed by atoms with Crippen LogP contribution >= 0.6 is 0 Å². The molecule has 2 aromatic carbocycles. The fourth-order valence-electron chi connectivity index (χ4n) is 2.99. The second kappa shape index (κ2) is 5.71. The maximum absolute atomic E-state index is 13.1. The van der Waals surface area contributed by atoms with Crippen LogP contribution in [0, 0.1) is 11.6 Å². The summed E-state index contributed by atoms with van der Waals surface area (Å²) in [7, 11) is 0. The van der Waals surface area contributed by atoms with E-state index in [0.29, 0.717) is 6.04 Å². The molecule has 20 heavy (non-hydrogen) atoms. The molecule has 0 saturated carbocycles. The molecule has 0 spiro atoms. The molecule has 0 aromatic heterocycles. The fourth-order valence-corrected chi connectivity index (χ4v) is 2.99. The predicted molar refractivity (Wildman–Crippen MR) is 75.7 cm³/mol. The molecule has 0 aliphatic carbocycles. The Morgan fingerprint density at radius 1 is 0.850 bits per heavy atom. The van der Waals surface area contributed by atoms with Crippen molar-refractivity contribution in [3.05, 3.63) is 71.3 Å². The highest BCUT2D eigenvalue weighted by molar-refractivity contribution is 5.35. The highest BCUT2D eigenvalue weighted by atomic mass is 19.1. The van der Waals surface area contributed by atoms with Gasteiger partial charge in [-0.05, 0) is 54.8 Å². The van der Waals surface area contributed by atoms with Gasteiger partial charge in [0.05, 0.1) is 0 Å². The third kappa shape index (κ3) is 2.73. The molecule has 2 aromatic rings. The van der Waals surface area contributed by atoms with Crippen molar-refractivity contribution in [3.8, 4) is 0 Å². The van der Waals surface area contributed by atoms with Gasteiger partial charge >= 0.3 is 0 Å². The summed E-state index contributed by atoms with van der Waals surface area (Å²) in [6, 6.07) is 13.6. The molecular formula is C17H17F2N. The number of rotatable bonds is 3. The van der Waals surface area contributed by atoms with Gasteiger partial charge in [-0.15, -0.1) is 0 Å². The van der Waals surface area contributed by atoms with E-state index in [-0.39, 0.29) is 17.6 Å². The Bertz CT molecular complexity index is 511. The molecule has 1 atom stereocenters. The number of hydrogen-bond donors (Lipinski definition) is 1. The highest BCUT2D eigenvalue weighted by Gasteiger charge is 2.27. The van der Waals surface area contributed by atoms with Gasteiger partial charge in [-0.1, -0.05) is 24.3 Å². The van der Waals surface area contributed by atoms with Crippen molar-refractivity contribution in [1.29, 1.82) is 0 Å². The van der Waals surface area contributed by atoms with Crippen LogP contribution in [0.1, 0.15) is 29.9 Å². The largest absolute Gasteiger partial charge is 0.313 e. The van der Waals surface area contributed by atoms with E-state index in [9.17, 15) is 8.78 Å². The van der Waals surface area contributed by atoms with Crippen LogP contribution in [0.15, 0.2) is 48.5 Å². The number of benzene rings is 2. The molecule has 0 unspecified atom stereocenters. The molecule has 1 nitrogen and oxygen atoms in total. The van der Waals surface area contributed by atoms with E-state index in [4.69, 9.17) is 0 Å². The zero-order valence-corrected chi connectivity index (χ0v) is 11.2. The standard InChI is InChI=1S/C17H17F2N/c18-14-7-3-12(4-8-14)17(16-2-1-11-20-16)13-5-9-15(19)10-6-13/h3-10,16-17,20H,1-2,11H2/t16-/m1/s1. The minimum atomic E-state index is -0.231. The number of halogens is 2. The summed E-state index contributed by atoms with van der Waals surface area (Å²) in [6.07, 6.45) is 2.23. The average molecular weight is 273 g/mol. The first kappa shape index (κ1) is 13.3. The van der Waals surface area contributed by atoms with Crippen LogP contribution in [0.2, 0.25) is 0 Å². The topological polar surface area (TPSA) is 12.0 Å². The van der Waals surface area contributed by atoms with Crippen molar-refractivity contribution >= 4 is 0 Å². The summed E-state index contributed by atoms with van der Waals surface area (Å²) in [6.45, 7) is 1.00. The first-order valence-electron chi connectivity index (χ1n) is 6.98. The molecule has 3 rings (SSSR count). The summed E-state index contributed by atoms with van der Waals surface area (Å²) in [5.74, 6) is -0.323. The van der Waals surface area contributed by atoms with Gasteiger partial charge in [-0.2, -0.15) is 0 Å². The normalized spacial score (nSPS) is 18.6. The van der Waals surface area contributed by atoms with Crippen molar-refractivity contribution in [1.82, 2.24) is 5.32 Å². The lowest BCUT2D eigenvalue weighted by Crippen LogP contribution is -2.29. The summed E-state index contributed by atoms with van der Waals surface area (Å²) in [5.41, 5.74) is 2.13. The van der Waals surface area contributed by atoms with Gasteiger partial charge in [0.1, 0.15) is 11.6 Å². The summed E-state index contributed by atoms with van der Waals surface area (Å²) < 4.78 is 26.2. The predicted octanol–water partition coefficient (Wildman–Crippen LogP) is 3.85. The van der Waals surface area contributed by atoms with Crippen molar-refractivity contribution in [2.75, 3.05) is 6.54 Å². The molecule has 104 valence electrons. The molecule has 0 amide bonds. The maximum Gasteiger partial charge on any atom is 0.123 e. The van der Waals surface area contributed by atoms with E-state index >= 15 is 0 Å². The van der Waals surface area contributed by atoms with Gasteiger partial charge in [-0.3, -0.25) is 0 Å². The van der Waals surface area contributed by atoms with E-state index in [2.05, 4.69) is 5.32 Å². The lowest BCUT2D eigenvalue weighted by atomic mass is 9.84. The van der Waals surface area contributed by atoms with E-state index in [1.54, 1.807) is 0 Å². The third-order valence-corrected chi connectivity index (χ3v) is 3.96. The zero-order chi connectivity index (χ0) is 13.9. The van der Waals surface area contributed by atoms with Crippen molar-refractivity contribution < 1.29 is 8.78 Å². The fraction of sp³-hybridized carbons (Fsp3) is 0.294. The molecule has 1 aliphatic heterocycles. The second-order valence-electron chi connectivity index (χ2n) is 5.28. The molecular weight excluding hydrogens is 256 g/mol. The van der Waals surface area contributed by atoms with Gasteiger partial charge in [0.25, 0.3) is 0 Å². The van der Waals surface area contributed by atoms with Gasteiger partial charge in [0, 0.05) is 12.0 Å². The Morgan fingerprint density at radius 2 is 1.35 bits per heavy atom. The molecule has 1 N–H and O–H groups in total. The van der Waals surface area contributed by atoms with Crippen molar-refractivity contribution in [2.24, 2.45) is 0 Å². The van der Waals surface area contributed by atoms with E-state index in [1.165, 1.54) is 24.3 Å². The summed E-state index contributed by atoms with van der Waals surface area (Å²) in [4.78, 5) is 0. The number of hydrogen-bond acceptors (Lipinski definition) is 1. The Hall–Kier alpha value is -1.74. The molecule has 3 heteroatoms. The maximum atomic E-state index is 13.1. The lowest BCUT2D eigenvalue weighted by molar-refractivity contribution is 0.537. The Morgan fingerprint density at radius 3 is 1.75 bits per heavy atom. The quantitative estimate of drug-likeness (QED) is 0.895. The molecule has 1 heterocycles. The van der Waals surface area contributed by atoms with Gasteiger partial charge in [0.15, 0.2) is 0 Å².